The number of benzene rings is 1. The molecule has 25 heavy (non-hydrogen) atoms. The van der Waals surface area contributed by atoms with E-state index in [1.165, 1.54) is 25.3 Å². The number of methoxy groups -OCH3 is 1. The average Bonchev–Trinajstić information content (AvgIpc) is 2.59. The predicted molar refractivity (Wildman–Crippen MR) is 86.9 cm³/mol. The summed E-state index contributed by atoms with van der Waals surface area (Å²) in [6.07, 6.45) is 2.06. The zero-order valence-electron chi connectivity index (χ0n) is 14.3. The molecule has 1 saturated heterocycles. The number of nitrogens with zero attached hydrogens (tertiary/aromatic N) is 1. The van der Waals surface area contributed by atoms with Crippen molar-refractivity contribution in [1.29, 1.82) is 0 Å². The number of hydrogen-bond donors (Lipinski definition) is 1. The van der Waals surface area contributed by atoms with E-state index in [-0.39, 0.29) is 29.5 Å². The molecule has 6 nitrogen and oxygen atoms in total. The number of alkyl halides is 2. The van der Waals surface area contributed by atoms with Gasteiger partial charge < -0.3 is 19.7 Å². The number of ether oxygens (including phenoxy) is 2. The van der Waals surface area contributed by atoms with Gasteiger partial charge in [0.05, 0.1) is 13.7 Å². The molecule has 0 radical (unpaired) electrons. The summed E-state index contributed by atoms with van der Waals surface area (Å²) in [5.74, 6) is -0.304. The summed E-state index contributed by atoms with van der Waals surface area (Å²) in [5, 5.41) is 2.55. The Labute approximate surface area is 145 Å². The van der Waals surface area contributed by atoms with Gasteiger partial charge in [0.15, 0.2) is 11.5 Å². The third kappa shape index (κ3) is 5.30. The van der Waals surface area contributed by atoms with E-state index in [0.717, 1.165) is 12.8 Å². The van der Waals surface area contributed by atoms with Crippen molar-refractivity contribution in [1.82, 2.24) is 10.2 Å². The van der Waals surface area contributed by atoms with Gasteiger partial charge in [0.25, 0.3) is 5.91 Å². The molecule has 0 saturated carbocycles. The van der Waals surface area contributed by atoms with Gasteiger partial charge in [-0.15, -0.1) is 0 Å². The lowest BCUT2D eigenvalue weighted by Gasteiger charge is -2.31. The molecule has 1 aliphatic heterocycles. The van der Waals surface area contributed by atoms with Gasteiger partial charge in [-0.05, 0) is 37.0 Å². The van der Waals surface area contributed by atoms with Crippen molar-refractivity contribution in [2.75, 3.05) is 26.7 Å². The predicted octanol–water partition coefficient (Wildman–Crippen LogP) is 2.28. The molecule has 0 aromatic heterocycles. The summed E-state index contributed by atoms with van der Waals surface area (Å²) in [6, 6.07) is 3.86. The Balaban J connectivity index is 1.95. The molecule has 1 atom stereocenters. The van der Waals surface area contributed by atoms with Crippen molar-refractivity contribution in [2.45, 2.75) is 26.4 Å². The summed E-state index contributed by atoms with van der Waals surface area (Å²) in [4.78, 5) is 26.1. The normalized spacial score (nSPS) is 17.3. The SMILES string of the molecule is COc1cc(C(=O)NCC(=O)N2CCCC(C)C2)ccc1OC(F)F. The van der Waals surface area contributed by atoms with Gasteiger partial charge in [-0.3, -0.25) is 9.59 Å². The Bertz CT molecular complexity index is 625. The number of carbonyl (C=O) groups excluding carboxylic acids is 2. The molecular formula is C17H22F2N2O4. The van der Waals surface area contributed by atoms with Gasteiger partial charge in [0.1, 0.15) is 0 Å². The number of piperidine rings is 1. The lowest BCUT2D eigenvalue weighted by molar-refractivity contribution is -0.131. The highest BCUT2D eigenvalue weighted by Gasteiger charge is 2.21. The van der Waals surface area contributed by atoms with E-state index in [1.807, 2.05) is 0 Å². The number of amides is 2. The Hall–Kier alpha value is -2.38. The molecule has 1 heterocycles. The fourth-order valence-electron chi connectivity index (χ4n) is 2.79. The zero-order chi connectivity index (χ0) is 18.4. The molecule has 2 rings (SSSR count). The van der Waals surface area contributed by atoms with Crippen LogP contribution in [0, 0.1) is 5.92 Å². The zero-order valence-corrected chi connectivity index (χ0v) is 14.3. The molecule has 1 fully saturated rings. The summed E-state index contributed by atoms with van der Waals surface area (Å²) in [7, 11) is 1.29. The van der Waals surface area contributed by atoms with E-state index >= 15 is 0 Å². The van der Waals surface area contributed by atoms with E-state index < -0.39 is 12.5 Å². The summed E-state index contributed by atoms with van der Waals surface area (Å²) in [5.41, 5.74) is 0.193. The van der Waals surface area contributed by atoms with Gasteiger partial charge in [0.2, 0.25) is 5.91 Å². The quantitative estimate of drug-likeness (QED) is 0.849. The molecular weight excluding hydrogens is 334 g/mol. The van der Waals surface area contributed by atoms with E-state index in [1.54, 1.807) is 4.90 Å². The second-order valence-electron chi connectivity index (χ2n) is 6.01. The number of halogens is 2. The number of carbonyl (C=O) groups is 2. The minimum Gasteiger partial charge on any atom is -0.493 e. The molecule has 0 bridgehead atoms. The van der Waals surface area contributed by atoms with E-state index in [2.05, 4.69) is 17.0 Å². The maximum Gasteiger partial charge on any atom is 0.387 e. The molecule has 0 spiro atoms. The van der Waals surface area contributed by atoms with Crippen LogP contribution < -0.4 is 14.8 Å². The van der Waals surface area contributed by atoms with Crippen LogP contribution in [0.15, 0.2) is 18.2 Å². The van der Waals surface area contributed by atoms with Crippen LogP contribution in [0.5, 0.6) is 11.5 Å². The van der Waals surface area contributed by atoms with Crippen molar-refractivity contribution in [3.63, 3.8) is 0 Å². The third-order valence-electron chi connectivity index (χ3n) is 4.05. The number of rotatable bonds is 6. The first kappa shape index (κ1) is 19.0. The lowest BCUT2D eigenvalue weighted by atomic mass is 10.0. The summed E-state index contributed by atoms with van der Waals surface area (Å²) < 4.78 is 33.9. The Morgan fingerprint density at radius 1 is 1.36 bits per heavy atom. The average molecular weight is 356 g/mol. The topological polar surface area (TPSA) is 67.9 Å². The molecule has 2 amide bonds. The van der Waals surface area contributed by atoms with Gasteiger partial charge in [-0.25, -0.2) is 0 Å². The van der Waals surface area contributed by atoms with Crippen LogP contribution in [0.3, 0.4) is 0 Å². The lowest BCUT2D eigenvalue weighted by Crippen LogP contribution is -2.44. The summed E-state index contributed by atoms with van der Waals surface area (Å²) >= 11 is 0. The maximum absolute atomic E-state index is 12.3. The fraction of sp³-hybridized carbons (Fsp3) is 0.529. The highest BCUT2D eigenvalue weighted by molar-refractivity contribution is 5.97. The van der Waals surface area contributed by atoms with E-state index in [4.69, 9.17) is 4.74 Å². The van der Waals surface area contributed by atoms with Crippen molar-refractivity contribution in [3.8, 4) is 11.5 Å². The largest absolute Gasteiger partial charge is 0.493 e. The molecule has 138 valence electrons. The molecule has 1 aromatic rings. The highest BCUT2D eigenvalue weighted by Crippen LogP contribution is 2.29. The second-order valence-corrected chi connectivity index (χ2v) is 6.01. The number of nitrogens with one attached hydrogen (secondary N) is 1. The smallest absolute Gasteiger partial charge is 0.387 e. The molecule has 1 aromatic carbocycles. The molecule has 0 aliphatic carbocycles. The Morgan fingerprint density at radius 3 is 2.76 bits per heavy atom. The minimum atomic E-state index is -2.99. The summed E-state index contributed by atoms with van der Waals surface area (Å²) in [6.45, 7) is 0.392. The highest BCUT2D eigenvalue weighted by atomic mass is 19.3. The fourth-order valence-corrected chi connectivity index (χ4v) is 2.79. The standard InChI is InChI=1S/C17H22F2N2O4/c1-11-4-3-7-21(10-11)15(22)9-20-16(23)12-5-6-13(25-17(18)19)14(8-12)24-2/h5-6,8,11,17H,3-4,7,9-10H2,1-2H3,(H,20,23). The molecule has 1 unspecified atom stereocenters. The maximum atomic E-state index is 12.3. The third-order valence-corrected chi connectivity index (χ3v) is 4.05. The Kier molecular flexibility index (Phi) is 6.55. The first-order valence-electron chi connectivity index (χ1n) is 8.09. The Morgan fingerprint density at radius 2 is 2.12 bits per heavy atom. The monoisotopic (exact) mass is 356 g/mol. The van der Waals surface area contributed by atoms with Crippen LogP contribution >= 0.6 is 0 Å². The van der Waals surface area contributed by atoms with E-state index in [0.29, 0.717) is 19.0 Å². The molecule has 1 aliphatic rings. The molecule has 1 N–H and O–H groups in total. The van der Waals surface area contributed by atoms with E-state index in [9.17, 15) is 18.4 Å². The van der Waals surface area contributed by atoms with Gasteiger partial charge >= 0.3 is 6.61 Å². The van der Waals surface area contributed by atoms with Crippen LogP contribution in [0.2, 0.25) is 0 Å². The van der Waals surface area contributed by atoms with Crippen molar-refractivity contribution in [2.24, 2.45) is 5.92 Å². The second kappa shape index (κ2) is 8.64. The number of likely N-dealkylation sites (tertiary alicyclic amines) is 1. The minimum absolute atomic E-state index is 0.0177. The number of hydrogen-bond acceptors (Lipinski definition) is 4. The van der Waals surface area contributed by atoms with Gasteiger partial charge in [-0.1, -0.05) is 6.92 Å². The van der Waals surface area contributed by atoms with Crippen molar-refractivity contribution < 1.29 is 27.8 Å². The van der Waals surface area contributed by atoms with Gasteiger partial charge in [-0.2, -0.15) is 8.78 Å². The van der Waals surface area contributed by atoms with Crippen molar-refractivity contribution >= 4 is 11.8 Å². The molecule has 8 heteroatoms. The van der Waals surface area contributed by atoms with Crippen LogP contribution in [-0.4, -0.2) is 50.1 Å². The van der Waals surface area contributed by atoms with Crippen molar-refractivity contribution in [3.05, 3.63) is 23.8 Å². The first-order chi connectivity index (χ1) is 11.9. The van der Waals surface area contributed by atoms with Gasteiger partial charge in [0, 0.05) is 18.7 Å². The van der Waals surface area contributed by atoms with Crippen LogP contribution in [-0.2, 0) is 4.79 Å². The van der Waals surface area contributed by atoms with Crippen LogP contribution in [0.1, 0.15) is 30.1 Å². The van der Waals surface area contributed by atoms with Crippen LogP contribution in [0.4, 0.5) is 8.78 Å². The first-order valence-corrected chi connectivity index (χ1v) is 8.09. The van der Waals surface area contributed by atoms with Crippen LogP contribution in [0.25, 0.3) is 0 Å².